The Morgan fingerprint density at radius 1 is 0.766 bits per heavy atom. The molecule has 6 aromatic rings. The SMILES string of the molecule is CC[C@H]1O[C@@H](n2cnc3c(Cl)nc(Cl)nc32)[C@@](C)(COC(=O)c2ccccc2)C1OC(=O)c1ccccc1.CO.COc1nc(Cl)nc2c1ncn2[C@@H]1O[C@H](CO)C(O)[C@]1(C)CO.N. The highest BCUT2D eigenvalue weighted by molar-refractivity contribution is 6.35. The summed E-state index contributed by atoms with van der Waals surface area (Å²) in [6.07, 6.45) is -1.28. The molecule has 0 radical (unpaired) electrons. The Bertz CT molecular complexity index is 2520. The number of aromatic nitrogens is 8. The summed E-state index contributed by atoms with van der Waals surface area (Å²) >= 11 is 18.3. The summed E-state index contributed by atoms with van der Waals surface area (Å²) in [5.74, 6) is -0.813. The second-order valence-corrected chi connectivity index (χ2v) is 15.9. The first kappa shape index (κ1) is 49.9. The maximum atomic E-state index is 13.1. The number of hydrogen-bond acceptors (Lipinski definition) is 18. The van der Waals surface area contributed by atoms with Crippen LogP contribution in [-0.4, -0.2) is 130 Å². The Balaban J connectivity index is 0.000000254. The molecule has 6 heterocycles. The number of carbonyl (C=O) groups excluding carboxylic acids is 2. The van der Waals surface area contributed by atoms with E-state index in [1.54, 1.807) is 64.6 Å². The first-order chi connectivity index (χ1) is 30.3. The zero-order chi connectivity index (χ0) is 45.6. The number of hydrogen-bond donors (Lipinski definition) is 5. The van der Waals surface area contributed by atoms with Gasteiger partial charge in [0.05, 0.1) is 67.1 Å². The number of benzene rings is 2. The number of halogens is 3. The fourth-order valence-corrected chi connectivity index (χ4v) is 8.10. The highest BCUT2D eigenvalue weighted by Crippen LogP contribution is 2.50. The van der Waals surface area contributed by atoms with Crippen LogP contribution in [0.5, 0.6) is 5.88 Å². The molecule has 8 atom stereocenters. The summed E-state index contributed by atoms with van der Waals surface area (Å²) in [5, 5.41) is 36.5. The maximum absolute atomic E-state index is 13.1. The first-order valence-electron chi connectivity index (χ1n) is 19.4. The van der Waals surface area contributed by atoms with Gasteiger partial charge >= 0.3 is 11.9 Å². The van der Waals surface area contributed by atoms with E-state index in [1.807, 2.05) is 26.0 Å². The summed E-state index contributed by atoms with van der Waals surface area (Å²) in [7, 11) is 2.44. The van der Waals surface area contributed by atoms with E-state index in [4.69, 9.17) is 63.6 Å². The van der Waals surface area contributed by atoms with Crippen molar-refractivity contribution in [2.45, 2.75) is 64.1 Å². The highest BCUT2D eigenvalue weighted by atomic mass is 35.5. The normalized spacial score (nSPS) is 24.8. The Hall–Kier alpha value is -5.13. The number of ether oxygens (including phenoxy) is 5. The van der Waals surface area contributed by atoms with E-state index in [0.29, 0.717) is 39.9 Å². The third kappa shape index (κ3) is 9.62. The molecular weight excluding hydrogens is 901 g/mol. The van der Waals surface area contributed by atoms with Gasteiger partial charge in [-0.2, -0.15) is 15.0 Å². The van der Waals surface area contributed by atoms with Gasteiger partial charge in [-0.3, -0.25) is 9.13 Å². The molecule has 0 aliphatic carbocycles. The van der Waals surface area contributed by atoms with Crippen LogP contribution in [0, 0.1) is 10.8 Å². The lowest BCUT2D eigenvalue weighted by molar-refractivity contribution is -0.0595. The van der Waals surface area contributed by atoms with Gasteiger partial charge in [0.2, 0.25) is 16.4 Å². The molecule has 0 bridgehead atoms. The molecular formula is C41H48Cl3N9O11. The van der Waals surface area contributed by atoms with E-state index >= 15 is 0 Å². The number of esters is 2. The van der Waals surface area contributed by atoms with E-state index < -0.39 is 59.6 Å². The molecule has 0 amide bonds. The Kier molecular flexibility index (Phi) is 16.6. The highest BCUT2D eigenvalue weighted by Gasteiger charge is 2.58. The van der Waals surface area contributed by atoms with Crippen molar-refractivity contribution in [3.05, 3.63) is 100 Å². The van der Waals surface area contributed by atoms with Gasteiger partial charge in [-0.15, -0.1) is 0 Å². The number of aliphatic hydroxyl groups excluding tert-OH is 4. The topological polar surface area (TPSA) is 283 Å². The van der Waals surface area contributed by atoms with E-state index in [2.05, 4.69) is 29.9 Å². The lowest BCUT2D eigenvalue weighted by Gasteiger charge is -2.34. The molecule has 2 fully saturated rings. The van der Waals surface area contributed by atoms with Gasteiger partial charge in [0.15, 0.2) is 22.0 Å². The zero-order valence-corrected chi connectivity index (χ0v) is 37.6. The summed E-state index contributed by atoms with van der Waals surface area (Å²) < 4.78 is 32.4. The molecule has 2 aromatic carbocycles. The minimum atomic E-state index is -1.06. The van der Waals surface area contributed by atoms with Gasteiger partial charge < -0.3 is 50.3 Å². The monoisotopic (exact) mass is 947 g/mol. The molecule has 344 valence electrons. The van der Waals surface area contributed by atoms with Gasteiger partial charge in [-0.25, -0.2) is 24.5 Å². The zero-order valence-electron chi connectivity index (χ0n) is 35.3. The quantitative estimate of drug-likeness (QED) is 0.0646. The van der Waals surface area contributed by atoms with Crippen molar-refractivity contribution in [3.8, 4) is 5.88 Å². The van der Waals surface area contributed by atoms with Crippen molar-refractivity contribution in [1.82, 2.24) is 45.2 Å². The minimum Gasteiger partial charge on any atom is -0.479 e. The Labute approximate surface area is 381 Å². The molecule has 0 saturated carbocycles. The molecule has 0 spiro atoms. The minimum absolute atomic E-state index is 0. The number of aliphatic hydroxyl groups is 4. The summed E-state index contributed by atoms with van der Waals surface area (Å²) in [6.45, 7) is 4.56. The smallest absolute Gasteiger partial charge is 0.338 e. The number of nitrogens with zero attached hydrogens (tertiary/aromatic N) is 8. The van der Waals surface area contributed by atoms with E-state index in [-0.39, 0.29) is 47.6 Å². The van der Waals surface area contributed by atoms with Crippen LogP contribution in [0.25, 0.3) is 22.3 Å². The second-order valence-electron chi connectivity index (χ2n) is 14.8. The molecule has 2 unspecified atom stereocenters. The summed E-state index contributed by atoms with van der Waals surface area (Å²) in [5.41, 5.74) is 0.0925. The second kappa shape index (κ2) is 21.2. The number of fused-ring (bicyclic) bond motifs is 2. The van der Waals surface area contributed by atoms with E-state index in [1.165, 1.54) is 19.8 Å². The van der Waals surface area contributed by atoms with E-state index in [9.17, 15) is 24.9 Å². The standard InChI is InChI=1S/C27H24Cl2N4O5.C13H17ClN4O5.CH4O.H3N/c1-3-18-20(38-24(35)17-12-8-5-9-13-17)27(2,14-36-23(34)16-10-6-4-7-11-16)25(37-18)33-15-30-19-21(28)31-26(29)32-22(19)33;1-13(4-20)8(21)6(3-19)23-11(13)18-5-15-7-9(18)16-12(14)17-10(7)22-2;1-2;/h4-13,15,18,20,25H,3,14H2,1-2H3;5-6,8,11,19-21H,3-4H2,1-2H3;2H,1H3;1H3/t18-,20?,25-,27+;6-,8?,11-,13+;;/m11../s1. The van der Waals surface area contributed by atoms with E-state index in [0.717, 1.165) is 7.11 Å². The average Bonchev–Trinajstić information content (AvgIpc) is 4.05. The van der Waals surface area contributed by atoms with Crippen LogP contribution in [0.4, 0.5) is 0 Å². The summed E-state index contributed by atoms with van der Waals surface area (Å²) in [6, 6.07) is 17.3. The molecule has 2 aliphatic heterocycles. The van der Waals surface area contributed by atoms with Crippen LogP contribution >= 0.6 is 34.8 Å². The Morgan fingerprint density at radius 2 is 1.28 bits per heavy atom. The van der Waals surface area contributed by atoms with Gasteiger partial charge in [0.1, 0.15) is 36.8 Å². The maximum Gasteiger partial charge on any atom is 0.338 e. The molecule has 8 rings (SSSR count). The predicted octanol–water partition coefficient (Wildman–Crippen LogP) is 5.04. The van der Waals surface area contributed by atoms with Crippen molar-refractivity contribution < 1.29 is 53.7 Å². The summed E-state index contributed by atoms with van der Waals surface area (Å²) in [4.78, 5) is 50.9. The van der Waals surface area contributed by atoms with Crippen LogP contribution in [0.15, 0.2) is 73.3 Å². The molecule has 2 saturated heterocycles. The molecule has 7 N–H and O–H groups in total. The average molecular weight is 949 g/mol. The third-order valence-electron chi connectivity index (χ3n) is 10.9. The lowest BCUT2D eigenvalue weighted by atomic mass is 9.82. The molecule has 64 heavy (non-hydrogen) atoms. The van der Waals surface area contributed by atoms with Crippen molar-refractivity contribution in [1.29, 1.82) is 0 Å². The molecule has 2 aliphatic rings. The third-order valence-corrected chi connectivity index (χ3v) is 11.5. The van der Waals surface area contributed by atoms with Crippen molar-refractivity contribution in [3.63, 3.8) is 0 Å². The van der Waals surface area contributed by atoms with Crippen LogP contribution in [0.3, 0.4) is 0 Å². The molecule has 23 heteroatoms. The number of imidazole rings is 2. The van der Waals surface area contributed by atoms with Gasteiger partial charge in [-0.1, -0.05) is 61.8 Å². The molecule has 20 nitrogen and oxygen atoms in total. The van der Waals surface area contributed by atoms with Gasteiger partial charge in [0, 0.05) is 7.11 Å². The fourth-order valence-electron chi connectivity index (χ4n) is 7.52. The fraction of sp³-hybridized carbons (Fsp3) is 0.415. The van der Waals surface area contributed by atoms with Gasteiger partial charge in [0.25, 0.3) is 0 Å². The van der Waals surface area contributed by atoms with Crippen molar-refractivity contribution in [2.24, 2.45) is 10.8 Å². The van der Waals surface area contributed by atoms with Crippen molar-refractivity contribution in [2.75, 3.05) is 34.0 Å². The molecule has 4 aromatic heterocycles. The van der Waals surface area contributed by atoms with Crippen LogP contribution in [0.1, 0.15) is 60.4 Å². The number of methoxy groups -OCH3 is 1. The first-order valence-corrected chi connectivity index (χ1v) is 20.5. The van der Waals surface area contributed by atoms with Crippen LogP contribution < -0.4 is 10.9 Å². The number of carbonyl (C=O) groups is 2. The predicted molar refractivity (Wildman–Crippen MR) is 232 cm³/mol. The Morgan fingerprint density at radius 3 is 1.83 bits per heavy atom. The van der Waals surface area contributed by atoms with Crippen molar-refractivity contribution >= 4 is 69.1 Å². The van der Waals surface area contributed by atoms with Gasteiger partial charge in [-0.05, 0) is 60.8 Å². The van der Waals surface area contributed by atoms with Crippen LogP contribution in [-0.2, 0) is 18.9 Å². The lowest BCUT2D eigenvalue weighted by Crippen LogP contribution is -2.44. The largest absolute Gasteiger partial charge is 0.479 e. The van der Waals surface area contributed by atoms with Crippen LogP contribution in [0.2, 0.25) is 15.7 Å². The number of rotatable bonds is 11.